The molecular formula is C24H36O5. The molecule has 0 bridgehead atoms. The second-order valence-electron chi connectivity index (χ2n) is 7.45. The van der Waals surface area contributed by atoms with Gasteiger partial charge in [0.1, 0.15) is 12.2 Å². The molecule has 0 amide bonds. The van der Waals surface area contributed by atoms with Crippen LogP contribution in [0.4, 0.5) is 0 Å². The molecule has 3 rings (SSSR count). The molecule has 1 heterocycles. The van der Waals surface area contributed by atoms with Crippen molar-refractivity contribution in [3.63, 3.8) is 0 Å². The fourth-order valence-electron chi connectivity index (χ4n) is 3.94. The van der Waals surface area contributed by atoms with E-state index in [0.29, 0.717) is 0 Å². The van der Waals surface area contributed by atoms with Gasteiger partial charge in [-0.3, -0.25) is 9.59 Å². The van der Waals surface area contributed by atoms with Crippen molar-refractivity contribution in [2.45, 2.75) is 84.3 Å². The van der Waals surface area contributed by atoms with E-state index in [1.165, 1.54) is 6.92 Å². The molecule has 162 valence electrons. The molecule has 1 N–H and O–H groups in total. The first-order valence-corrected chi connectivity index (χ1v) is 9.45. The fourth-order valence-corrected chi connectivity index (χ4v) is 3.94. The third-order valence-corrected chi connectivity index (χ3v) is 5.31. The van der Waals surface area contributed by atoms with Crippen LogP contribution in [-0.2, 0) is 19.1 Å². The zero-order valence-electron chi connectivity index (χ0n) is 33.3. The molecule has 8 atom stereocenters. The van der Waals surface area contributed by atoms with E-state index in [0.717, 1.165) is 6.92 Å². The minimum atomic E-state index is -4.17. The van der Waals surface area contributed by atoms with Crippen LogP contribution in [0.2, 0.25) is 0 Å². The second-order valence-corrected chi connectivity index (χ2v) is 7.45. The highest BCUT2D eigenvalue weighted by Crippen LogP contribution is 2.45. The number of aliphatic hydroxyl groups is 1. The van der Waals surface area contributed by atoms with E-state index < -0.39 is 110 Å². The maximum absolute atomic E-state index is 13.7. The second kappa shape index (κ2) is 9.46. The summed E-state index contributed by atoms with van der Waals surface area (Å²) < 4.78 is 150. The minimum Gasteiger partial charge on any atom is -0.462 e. The van der Waals surface area contributed by atoms with Gasteiger partial charge in [0, 0.05) is 30.2 Å². The number of cyclic esters (lactones) is 1. The lowest BCUT2D eigenvalue weighted by molar-refractivity contribution is -0.162. The Balaban J connectivity index is 2.23. The van der Waals surface area contributed by atoms with Crippen LogP contribution < -0.4 is 0 Å². The lowest BCUT2D eigenvalue weighted by Crippen LogP contribution is -2.42. The molecule has 29 heavy (non-hydrogen) atoms. The molecule has 0 saturated carbocycles. The van der Waals surface area contributed by atoms with Crippen LogP contribution in [0.1, 0.15) is 87.9 Å². The Morgan fingerprint density at radius 1 is 1.62 bits per heavy atom. The summed E-state index contributed by atoms with van der Waals surface area (Å²) >= 11 is 0. The average Bonchev–Trinajstić information content (AvgIpc) is 2.90. The molecule has 1 saturated heterocycles. The van der Waals surface area contributed by atoms with Crippen molar-refractivity contribution in [3.8, 4) is 0 Å². The van der Waals surface area contributed by atoms with Crippen LogP contribution in [0.25, 0.3) is 0 Å². The van der Waals surface area contributed by atoms with Gasteiger partial charge in [-0.1, -0.05) is 45.7 Å². The summed E-state index contributed by atoms with van der Waals surface area (Å²) in [5.74, 6) is -15.0. The van der Waals surface area contributed by atoms with Gasteiger partial charge in [0.15, 0.2) is 0 Å². The van der Waals surface area contributed by atoms with E-state index in [-0.39, 0.29) is 25.7 Å². The Kier molecular flexibility index (Phi) is 2.89. The van der Waals surface area contributed by atoms with Gasteiger partial charge in [-0.2, -0.15) is 0 Å². The predicted octanol–water partition coefficient (Wildman–Crippen LogP) is 4.20. The molecule has 0 spiro atoms. The lowest BCUT2D eigenvalue weighted by Gasteiger charge is -2.43. The number of esters is 2. The van der Waals surface area contributed by atoms with E-state index in [9.17, 15) is 9.59 Å². The van der Waals surface area contributed by atoms with Crippen molar-refractivity contribution in [1.82, 2.24) is 0 Å². The monoisotopic (exact) mass is 421 g/mol. The van der Waals surface area contributed by atoms with Crippen LogP contribution in [0.5, 0.6) is 0 Å². The first-order valence-electron chi connectivity index (χ1n) is 17.9. The zero-order valence-corrected chi connectivity index (χ0v) is 16.3. The normalized spacial score (nSPS) is 56.7. The number of aliphatic hydroxyl groups excluding tert-OH is 1. The van der Waals surface area contributed by atoms with Crippen LogP contribution in [-0.4, -0.2) is 36.8 Å². The number of carbonyl (C=O) groups is 2. The smallest absolute Gasteiger partial charge is 0.308 e. The number of hydrogen-bond donors (Lipinski definition) is 1. The summed E-state index contributed by atoms with van der Waals surface area (Å²) in [6.07, 6.45) is -11.7. The molecule has 2 aliphatic carbocycles. The molecule has 5 nitrogen and oxygen atoms in total. The quantitative estimate of drug-likeness (QED) is 0.624. The predicted molar refractivity (Wildman–Crippen MR) is 111 cm³/mol. The Morgan fingerprint density at radius 2 is 2.48 bits per heavy atom. The molecule has 0 radical (unpaired) electrons. The Hall–Kier alpha value is -1.62. The number of ether oxygens (including phenoxy) is 2. The largest absolute Gasteiger partial charge is 0.462 e. The van der Waals surface area contributed by atoms with E-state index in [1.807, 2.05) is 0 Å². The molecule has 2 unspecified atom stereocenters. The van der Waals surface area contributed by atoms with Gasteiger partial charge in [-0.05, 0) is 48.9 Å². The summed E-state index contributed by atoms with van der Waals surface area (Å²) in [4.78, 5) is 25.7. The molecule has 3 aliphatic rings. The molecule has 1 fully saturated rings. The van der Waals surface area contributed by atoms with Gasteiger partial charge in [-0.15, -0.1) is 0 Å². The standard InChI is InChI=1S/C24H36O5/c1-5-15(3)24(27)29-21-11-14(2)10-17-7-6-16(4)20(23(17)21)9-8-19-12-18(25)13-22(26)28-19/h6-7,10,14-16,18-21,23,25H,5,8-9,11-13H2,1-4H3/t14-,15-,16-,18+,19?,20-,21?,23-/m0/s1/i1D3,3D3,5D2,6D,7D,10D,11D2,14D,15D,16D,25D. The Labute approximate surface area is 198 Å². The van der Waals surface area contributed by atoms with Crippen molar-refractivity contribution in [2.75, 3.05) is 0 Å². The molecule has 5 heteroatoms. The summed E-state index contributed by atoms with van der Waals surface area (Å²) in [6, 6.07) is -2.19. The average molecular weight is 422 g/mol. The van der Waals surface area contributed by atoms with Crippen molar-refractivity contribution in [3.05, 3.63) is 23.7 Å². The maximum Gasteiger partial charge on any atom is 0.308 e. The lowest BCUT2D eigenvalue weighted by atomic mass is 9.65. The zero-order chi connectivity index (χ0) is 35.8. The SMILES string of the molecule is [2H]O[C@H]1CC(=O)OC(CC[C@@H]2[C@@H]3C(=C([2H])[C@]([2H])(C)C([2H])([2H])C3OC(=O)[C@@]([2H])(C([2H])([2H])[2H])C([2H])([2H])C([2H])([2H])[2H])C([2H])=C([2H])[C@]2([2H])C)C1. The Morgan fingerprint density at radius 3 is 3.24 bits per heavy atom. The van der Waals surface area contributed by atoms with Crippen molar-refractivity contribution < 1.29 is 46.1 Å². The van der Waals surface area contributed by atoms with Gasteiger partial charge in [0.05, 0.1) is 22.5 Å². The van der Waals surface area contributed by atoms with Gasteiger partial charge < -0.3 is 14.6 Å². The summed E-state index contributed by atoms with van der Waals surface area (Å²) in [6.45, 7) is -5.74. The highest BCUT2D eigenvalue weighted by atomic mass is 16.5. The fraction of sp³-hybridized carbons (Fsp3) is 0.750. The summed E-state index contributed by atoms with van der Waals surface area (Å²) in [5.41, 5.74) is -0.471. The van der Waals surface area contributed by atoms with E-state index in [4.69, 9.17) is 32.8 Å². The van der Waals surface area contributed by atoms with Gasteiger partial charge in [-0.25, -0.2) is 0 Å². The number of allylic oxidation sites excluding steroid dienone is 3. The van der Waals surface area contributed by atoms with Crippen LogP contribution in [0.15, 0.2) is 23.7 Å². The number of carbonyl (C=O) groups excluding carboxylic acids is 2. The van der Waals surface area contributed by atoms with E-state index in [1.54, 1.807) is 0 Å². The number of hydrogen-bond acceptors (Lipinski definition) is 5. The van der Waals surface area contributed by atoms with Crippen molar-refractivity contribution in [1.29, 1.82) is 1.43 Å². The third kappa shape index (κ3) is 5.30. The topological polar surface area (TPSA) is 72.8 Å². The summed E-state index contributed by atoms with van der Waals surface area (Å²) in [7, 11) is 0. The van der Waals surface area contributed by atoms with Gasteiger partial charge in [0.2, 0.25) is 1.43 Å². The van der Waals surface area contributed by atoms with Crippen molar-refractivity contribution >= 4 is 11.9 Å². The van der Waals surface area contributed by atoms with Crippen LogP contribution in [0, 0.1) is 29.5 Å². The highest BCUT2D eigenvalue weighted by molar-refractivity contribution is 5.72. The van der Waals surface area contributed by atoms with Gasteiger partial charge >= 0.3 is 11.9 Å². The third-order valence-electron chi connectivity index (χ3n) is 5.31. The first-order chi connectivity index (χ1) is 20.5. The summed E-state index contributed by atoms with van der Waals surface area (Å²) in [5, 5.41) is 4.53. The highest BCUT2D eigenvalue weighted by Gasteiger charge is 2.42. The van der Waals surface area contributed by atoms with Crippen molar-refractivity contribution in [2.24, 2.45) is 29.5 Å². The molecule has 0 aromatic heterocycles. The van der Waals surface area contributed by atoms with Crippen LogP contribution >= 0.6 is 0 Å². The van der Waals surface area contributed by atoms with Gasteiger partial charge in [0.25, 0.3) is 0 Å². The van der Waals surface area contributed by atoms with Crippen LogP contribution in [0.3, 0.4) is 0 Å². The minimum absolute atomic E-state index is 0.0647. The molecule has 0 aromatic rings. The first kappa shape index (κ1) is 8.86. The molecule has 0 aromatic carbocycles. The molecule has 1 aliphatic heterocycles. The van der Waals surface area contributed by atoms with E-state index >= 15 is 0 Å². The number of fused-ring (bicyclic) bond motifs is 1. The molecular weight excluding hydrogens is 368 g/mol. The maximum atomic E-state index is 13.7. The Bertz CT molecular complexity index is 1300. The number of rotatable bonds is 7. The van der Waals surface area contributed by atoms with E-state index in [2.05, 4.69) is 5.11 Å².